The summed E-state index contributed by atoms with van der Waals surface area (Å²) in [5.41, 5.74) is 1.69. The molecule has 0 fully saturated rings. The average Bonchev–Trinajstić information content (AvgIpc) is 2.52. The van der Waals surface area contributed by atoms with Gasteiger partial charge in [0, 0.05) is 20.0 Å². The van der Waals surface area contributed by atoms with Gasteiger partial charge in [-0.25, -0.2) is 4.79 Å². The van der Waals surface area contributed by atoms with Crippen LogP contribution in [-0.4, -0.2) is 54.0 Å². The summed E-state index contributed by atoms with van der Waals surface area (Å²) < 4.78 is 5.24. The van der Waals surface area contributed by atoms with E-state index < -0.39 is 12.0 Å². The van der Waals surface area contributed by atoms with Gasteiger partial charge in [-0.15, -0.1) is 0 Å². The molecule has 132 valence electrons. The molecule has 0 bridgehead atoms. The second-order valence-corrected chi connectivity index (χ2v) is 5.57. The molecule has 24 heavy (non-hydrogen) atoms. The molecule has 1 aromatic carbocycles. The lowest BCUT2D eigenvalue weighted by Gasteiger charge is -2.26. The van der Waals surface area contributed by atoms with E-state index in [9.17, 15) is 19.5 Å². The van der Waals surface area contributed by atoms with Gasteiger partial charge in [-0.1, -0.05) is 12.1 Å². The Labute approximate surface area is 141 Å². The van der Waals surface area contributed by atoms with Crippen molar-refractivity contribution in [3.8, 4) is 5.75 Å². The summed E-state index contributed by atoms with van der Waals surface area (Å²) in [5.74, 6) is -0.959. The Bertz CT molecular complexity index is 615. The highest BCUT2D eigenvalue weighted by Gasteiger charge is 2.25. The summed E-state index contributed by atoms with van der Waals surface area (Å²) >= 11 is 0. The molecule has 1 unspecified atom stereocenters. The molecule has 1 rings (SSSR count). The van der Waals surface area contributed by atoms with E-state index >= 15 is 0 Å². The first kappa shape index (κ1) is 19.5. The number of carboxylic acids is 1. The van der Waals surface area contributed by atoms with Crippen LogP contribution in [0.4, 0.5) is 0 Å². The van der Waals surface area contributed by atoms with Gasteiger partial charge in [-0.2, -0.15) is 0 Å². The van der Waals surface area contributed by atoms with Crippen LogP contribution < -0.4 is 10.1 Å². The number of rotatable bonds is 8. The van der Waals surface area contributed by atoms with Gasteiger partial charge >= 0.3 is 5.97 Å². The molecule has 0 aliphatic carbocycles. The molecule has 0 saturated carbocycles. The number of hydrogen-bond donors (Lipinski definition) is 2. The van der Waals surface area contributed by atoms with Gasteiger partial charge in [0.25, 0.3) is 0 Å². The number of methoxy groups -OCH3 is 1. The zero-order valence-electron chi connectivity index (χ0n) is 14.5. The van der Waals surface area contributed by atoms with E-state index in [0.717, 1.165) is 11.1 Å². The molecule has 0 heterocycles. The molecule has 0 aliphatic heterocycles. The normalized spacial score (nSPS) is 11.5. The van der Waals surface area contributed by atoms with E-state index in [-0.39, 0.29) is 31.3 Å². The van der Waals surface area contributed by atoms with Crippen LogP contribution in [0.3, 0.4) is 0 Å². The topological polar surface area (TPSA) is 95.9 Å². The van der Waals surface area contributed by atoms with Crippen molar-refractivity contribution in [1.82, 2.24) is 10.2 Å². The number of nitrogens with one attached hydrogen (secondary N) is 1. The highest BCUT2D eigenvalue weighted by atomic mass is 16.5. The van der Waals surface area contributed by atoms with Crippen molar-refractivity contribution in [2.45, 2.75) is 33.2 Å². The summed E-state index contributed by atoms with van der Waals surface area (Å²) in [6, 6.07) is 4.46. The third-order valence-corrected chi connectivity index (χ3v) is 3.70. The highest BCUT2D eigenvalue weighted by Crippen LogP contribution is 2.20. The minimum absolute atomic E-state index is 0.0638. The molecule has 1 atom stereocenters. The Morgan fingerprint density at radius 1 is 1.33 bits per heavy atom. The monoisotopic (exact) mass is 336 g/mol. The van der Waals surface area contributed by atoms with Gasteiger partial charge < -0.3 is 20.1 Å². The number of nitrogens with zero attached hydrogens (tertiary/aromatic N) is 1. The van der Waals surface area contributed by atoms with Crippen molar-refractivity contribution >= 4 is 17.8 Å². The van der Waals surface area contributed by atoms with E-state index in [1.807, 2.05) is 19.1 Å². The van der Waals surface area contributed by atoms with Crippen molar-refractivity contribution in [3.05, 3.63) is 29.3 Å². The second-order valence-electron chi connectivity index (χ2n) is 5.57. The zero-order valence-corrected chi connectivity index (χ0v) is 14.5. The smallest absolute Gasteiger partial charge is 0.326 e. The summed E-state index contributed by atoms with van der Waals surface area (Å²) in [4.78, 5) is 36.0. The fourth-order valence-electron chi connectivity index (χ4n) is 2.27. The Hall–Kier alpha value is -2.57. The largest absolute Gasteiger partial charge is 0.496 e. The standard InChI is InChI=1S/C17H24N2O5/c1-11-5-6-14(9-15(11)24-4)10-16(21)19(12(2)17(22)23)8-7-18-13(3)20/h5-6,9,12H,7-8,10H2,1-4H3,(H,18,20)(H,22,23). The molecule has 7 heteroatoms. The zero-order chi connectivity index (χ0) is 18.3. The predicted molar refractivity (Wildman–Crippen MR) is 88.9 cm³/mol. The van der Waals surface area contributed by atoms with E-state index in [0.29, 0.717) is 5.75 Å². The van der Waals surface area contributed by atoms with Crippen molar-refractivity contribution < 1.29 is 24.2 Å². The third kappa shape index (κ3) is 5.57. The van der Waals surface area contributed by atoms with Crippen LogP contribution in [-0.2, 0) is 20.8 Å². The number of aryl methyl sites for hydroxylation is 1. The van der Waals surface area contributed by atoms with Gasteiger partial charge in [0.05, 0.1) is 13.5 Å². The number of aliphatic carboxylic acids is 1. The third-order valence-electron chi connectivity index (χ3n) is 3.70. The van der Waals surface area contributed by atoms with Gasteiger partial charge in [-0.3, -0.25) is 9.59 Å². The van der Waals surface area contributed by atoms with Crippen LogP contribution in [0.15, 0.2) is 18.2 Å². The number of benzene rings is 1. The maximum absolute atomic E-state index is 12.5. The van der Waals surface area contributed by atoms with Crippen molar-refractivity contribution in [3.63, 3.8) is 0 Å². The van der Waals surface area contributed by atoms with Gasteiger partial charge in [0.15, 0.2) is 0 Å². The number of hydrogen-bond acceptors (Lipinski definition) is 4. The molecular formula is C17H24N2O5. The van der Waals surface area contributed by atoms with E-state index in [1.54, 1.807) is 13.2 Å². The van der Waals surface area contributed by atoms with Crippen molar-refractivity contribution in [2.24, 2.45) is 0 Å². The van der Waals surface area contributed by atoms with Crippen molar-refractivity contribution in [2.75, 3.05) is 20.2 Å². The van der Waals surface area contributed by atoms with Crippen LogP contribution in [0.2, 0.25) is 0 Å². The molecule has 2 N–H and O–H groups in total. The van der Waals surface area contributed by atoms with Gasteiger partial charge in [-0.05, 0) is 31.0 Å². The maximum Gasteiger partial charge on any atom is 0.326 e. The van der Waals surface area contributed by atoms with Crippen LogP contribution in [0.25, 0.3) is 0 Å². The number of amides is 2. The predicted octanol–water partition coefficient (Wildman–Crippen LogP) is 0.984. The van der Waals surface area contributed by atoms with E-state index in [1.165, 1.54) is 18.7 Å². The fraction of sp³-hybridized carbons (Fsp3) is 0.471. The minimum Gasteiger partial charge on any atom is -0.496 e. The lowest BCUT2D eigenvalue weighted by Crippen LogP contribution is -2.47. The van der Waals surface area contributed by atoms with E-state index in [4.69, 9.17) is 4.74 Å². The summed E-state index contributed by atoms with van der Waals surface area (Å²) in [5, 5.41) is 11.8. The molecule has 1 aromatic rings. The first-order chi connectivity index (χ1) is 11.3. The van der Waals surface area contributed by atoms with Crippen LogP contribution in [0.1, 0.15) is 25.0 Å². The minimum atomic E-state index is -1.09. The molecular weight excluding hydrogens is 312 g/mol. The number of ether oxygens (including phenoxy) is 1. The van der Waals surface area contributed by atoms with Crippen molar-refractivity contribution in [1.29, 1.82) is 0 Å². The summed E-state index contributed by atoms with van der Waals surface area (Å²) in [7, 11) is 1.56. The molecule has 2 amide bonds. The van der Waals surface area contributed by atoms with Crippen LogP contribution >= 0.6 is 0 Å². The Morgan fingerprint density at radius 2 is 2.00 bits per heavy atom. The maximum atomic E-state index is 12.5. The van der Waals surface area contributed by atoms with Gasteiger partial charge in [0.2, 0.25) is 11.8 Å². The molecule has 0 aliphatic rings. The molecule has 0 saturated heterocycles. The van der Waals surface area contributed by atoms with Crippen LogP contribution in [0.5, 0.6) is 5.75 Å². The molecule has 7 nitrogen and oxygen atoms in total. The molecule has 0 spiro atoms. The number of carbonyl (C=O) groups is 3. The van der Waals surface area contributed by atoms with Gasteiger partial charge in [0.1, 0.15) is 11.8 Å². The Balaban J connectivity index is 2.86. The molecule has 0 aromatic heterocycles. The number of carboxylic acid groups (broad SMARTS) is 1. The SMILES string of the molecule is COc1cc(CC(=O)N(CCNC(C)=O)C(C)C(=O)O)ccc1C. The summed E-state index contributed by atoms with van der Waals surface area (Å²) in [6.07, 6.45) is 0.0638. The lowest BCUT2D eigenvalue weighted by atomic mass is 10.1. The van der Waals surface area contributed by atoms with Crippen LogP contribution in [0, 0.1) is 6.92 Å². The van der Waals surface area contributed by atoms with E-state index in [2.05, 4.69) is 5.32 Å². The second kappa shape index (κ2) is 8.90. The summed E-state index contributed by atoms with van der Waals surface area (Å²) in [6.45, 7) is 5.05. The Kier molecular flexibility index (Phi) is 7.23. The quantitative estimate of drug-likeness (QED) is 0.738. The highest BCUT2D eigenvalue weighted by molar-refractivity contribution is 5.85. The number of carbonyl (C=O) groups excluding carboxylic acids is 2. The average molecular weight is 336 g/mol. The lowest BCUT2D eigenvalue weighted by molar-refractivity contribution is -0.149. The molecule has 0 radical (unpaired) electrons. The first-order valence-electron chi connectivity index (χ1n) is 7.66. The fourth-order valence-corrected chi connectivity index (χ4v) is 2.27. The first-order valence-corrected chi connectivity index (χ1v) is 7.66. The Morgan fingerprint density at radius 3 is 2.54 bits per heavy atom.